The number of aliphatic hydroxyl groups is 1. The standard InChI is InChI=1S/C33H38F2N4O3/c1-4-9-39(10-5-2)33(42)27-12-22(3)11-26(17-27)32(41)38-30(16-25-14-28(34)18-29(35)15-25)31(40)21-37-20-24-8-6-7-23(13-24)19-36/h6-8,11-15,17-18,30-31,37,40H,4-5,9-10,16,20-21H2,1-3H3,(H,38,41)/t30-,31+/m0/s1. The second-order valence-electron chi connectivity index (χ2n) is 10.5. The molecule has 0 unspecified atom stereocenters. The van der Waals surface area contributed by atoms with Crippen LogP contribution in [0.4, 0.5) is 8.78 Å². The zero-order valence-electron chi connectivity index (χ0n) is 24.3. The third kappa shape index (κ3) is 9.47. The Labute approximate surface area is 246 Å². The first kappa shape index (κ1) is 32.4. The molecule has 0 fully saturated rings. The number of aliphatic hydroxyl groups excluding tert-OH is 1. The Kier molecular flexibility index (Phi) is 12.1. The van der Waals surface area contributed by atoms with E-state index < -0.39 is 29.7 Å². The number of carbonyl (C=O) groups excluding carboxylic acids is 2. The minimum absolute atomic E-state index is 0.0361. The van der Waals surface area contributed by atoms with Crippen LogP contribution in [0.1, 0.15) is 69.7 Å². The largest absolute Gasteiger partial charge is 0.390 e. The minimum Gasteiger partial charge on any atom is -0.390 e. The summed E-state index contributed by atoms with van der Waals surface area (Å²) in [7, 11) is 0. The Morgan fingerprint density at radius 1 is 0.952 bits per heavy atom. The molecule has 3 aromatic rings. The molecule has 0 aromatic heterocycles. The lowest BCUT2D eigenvalue weighted by molar-refractivity contribution is 0.0755. The van der Waals surface area contributed by atoms with Crippen LogP contribution in [0.15, 0.2) is 60.7 Å². The lowest BCUT2D eigenvalue weighted by atomic mass is 9.99. The lowest BCUT2D eigenvalue weighted by Gasteiger charge is -2.25. The summed E-state index contributed by atoms with van der Waals surface area (Å²) in [5.74, 6) is -2.20. The van der Waals surface area contributed by atoms with Crippen molar-refractivity contribution in [1.82, 2.24) is 15.5 Å². The molecule has 2 atom stereocenters. The molecule has 0 spiro atoms. The number of hydrogen-bond acceptors (Lipinski definition) is 5. The smallest absolute Gasteiger partial charge is 0.253 e. The van der Waals surface area contributed by atoms with Gasteiger partial charge in [0.15, 0.2) is 0 Å². The Morgan fingerprint density at radius 2 is 1.62 bits per heavy atom. The summed E-state index contributed by atoms with van der Waals surface area (Å²) in [4.78, 5) is 28.4. The van der Waals surface area contributed by atoms with E-state index in [2.05, 4.69) is 16.7 Å². The summed E-state index contributed by atoms with van der Waals surface area (Å²) in [6, 6.07) is 16.2. The molecule has 0 aliphatic carbocycles. The van der Waals surface area contributed by atoms with Gasteiger partial charge in [0.25, 0.3) is 11.8 Å². The zero-order valence-corrected chi connectivity index (χ0v) is 24.3. The molecular weight excluding hydrogens is 538 g/mol. The van der Waals surface area contributed by atoms with E-state index in [1.165, 1.54) is 6.07 Å². The molecule has 0 saturated carbocycles. The van der Waals surface area contributed by atoms with Gasteiger partial charge in [0.1, 0.15) is 11.6 Å². The van der Waals surface area contributed by atoms with Crippen molar-refractivity contribution in [2.75, 3.05) is 19.6 Å². The highest BCUT2D eigenvalue weighted by molar-refractivity contribution is 6.00. The van der Waals surface area contributed by atoms with E-state index in [1.54, 1.807) is 42.2 Å². The molecule has 0 bridgehead atoms. The number of halogens is 2. The first-order valence-corrected chi connectivity index (χ1v) is 14.2. The highest BCUT2D eigenvalue weighted by Gasteiger charge is 2.24. The zero-order chi connectivity index (χ0) is 30.6. The van der Waals surface area contributed by atoms with Gasteiger partial charge in [-0.05, 0) is 85.3 Å². The highest BCUT2D eigenvalue weighted by Crippen LogP contribution is 2.16. The van der Waals surface area contributed by atoms with E-state index in [1.807, 2.05) is 19.9 Å². The van der Waals surface area contributed by atoms with Crippen LogP contribution in [0.25, 0.3) is 0 Å². The summed E-state index contributed by atoms with van der Waals surface area (Å²) in [6.45, 7) is 7.42. The highest BCUT2D eigenvalue weighted by atomic mass is 19.1. The van der Waals surface area contributed by atoms with Crippen LogP contribution in [0, 0.1) is 29.9 Å². The Hall–Kier alpha value is -4.13. The van der Waals surface area contributed by atoms with E-state index in [4.69, 9.17) is 5.26 Å². The van der Waals surface area contributed by atoms with Gasteiger partial charge < -0.3 is 20.6 Å². The fourth-order valence-corrected chi connectivity index (χ4v) is 4.85. The van der Waals surface area contributed by atoms with E-state index in [0.717, 1.165) is 42.2 Å². The molecule has 9 heteroatoms. The van der Waals surface area contributed by atoms with E-state index in [-0.39, 0.29) is 30.0 Å². The number of amides is 2. The fourth-order valence-electron chi connectivity index (χ4n) is 4.85. The van der Waals surface area contributed by atoms with Crippen molar-refractivity contribution >= 4 is 11.8 Å². The summed E-state index contributed by atoms with van der Waals surface area (Å²) < 4.78 is 27.9. The third-order valence-electron chi connectivity index (χ3n) is 6.76. The fraction of sp³-hybridized carbons (Fsp3) is 0.364. The van der Waals surface area contributed by atoms with Crippen LogP contribution >= 0.6 is 0 Å². The van der Waals surface area contributed by atoms with E-state index in [0.29, 0.717) is 30.8 Å². The molecule has 3 N–H and O–H groups in total. The molecule has 0 aliphatic heterocycles. The summed E-state index contributed by atoms with van der Waals surface area (Å²) in [5.41, 5.74) is 2.99. The number of carbonyl (C=O) groups is 2. The maximum absolute atomic E-state index is 13.9. The SMILES string of the molecule is CCCN(CCC)C(=O)c1cc(C)cc(C(=O)N[C@@H](Cc2cc(F)cc(F)c2)[C@H](O)CNCc2cccc(C#N)c2)c1. The van der Waals surface area contributed by atoms with E-state index >= 15 is 0 Å². The second-order valence-corrected chi connectivity index (χ2v) is 10.5. The summed E-state index contributed by atoms with van der Waals surface area (Å²) >= 11 is 0. The molecule has 3 aromatic carbocycles. The number of nitrogens with zero attached hydrogens (tertiary/aromatic N) is 2. The van der Waals surface area contributed by atoms with Crippen LogP contribution in [-0.4, -0.2) is 53.6 Å². The van der Waals surface area contributed by atoms with E-state index in [9.17, 15) is 23.5 Å². The van der Waals surface area contributed by atoms with Gasteiger partial charge in [-0.25, -0.2) is 8.78 Å². The number of benzene rings is 3. The van der Waals surface area contributed by atoms with Crippen molar-refractivity contribution in [2.24, 2.45) is 0 Å². The van der Waals surface area contributed by atoms with Gasteiger partial charge in [-0.3, -0.25) is 9.59 Å². The predicted molar refractivity (Wildman–Crippen MR) is 158 cm³/mol. The van der Waals surface area contributed by atoms with Crippen molar-refractivity contribution in [3.8, 4) is 6.07 Å². The molecule has 2 amide bonds. The maximum atomic E-state index is 13.9. The van der Waals surface area contributed by atoms with Gasteiger partial charge in [0, 0.05) is 43.4 Å². The van der Waals surface area contributed by atoms with Crippen LogP contribution in [0.3, 0.4) is 0 Å². The number of rotatable bonds is 14. The number of nitrogens with one attached hydrogen (secondary N) is 2. The molecule has 42 heavy (non-hydrogen) atoms. The third-order valence-corrected chi connectivity index (χ3v) is 6.76. The molecule has 0 radical (unpaired) electrons. The number of hydrogen-bond donors (Lipinski definition) is 3. The van der Waals surface area contributed by atoms with Gasteiger partial charge in [0.2, 0.25) is 0 Å². The first-order chi connectivity index (χ1) is 20.1. The molecule has 3 rings (SSSR count). The van der Waals surface area contributed by atoms with Gasteiger partial charge in [-0.1, -0.05) is 26.0 Å². The van der Waals surface area contributed by atoms with Gasteiger partial charge >= 0.3 is 0 Å². The molecule has 0 heterocycles. The first-order valence-electron chi connectivity index (χ1n) is 14.2. The van der Waals surface area contributed by atoms with Gasteiger partial charge in [-0.15, -0.1) is 0 Å². The van der Waals surface area contributed by atoms with Crippen LogP contribution in [0.5, 0.6) is 0 Å². The average molecular weight is 577 g/mol. The minimum atomic E-state index is -1.13. The van der Waals surface area contributed by atoms with Crippen molar-refractivity contribution in [1.29, 1.82) is 5.26 Å². The topological polar surface area (TPSA) is 105 Å². The van der Waals surface area contributed by atoms with Gasteiger partial charge in [0.05, 0.1) is 23.8 Å². The van der Waals surface area contributed by atoms with Gasteiger partial charge in [-0.2, -0.15) is 5.26 Å². The summed E-state index contributed by atoms with van der Waals surface area (Å²) in [5, 5.41) is 26.1. The second kappa shape index (κ2) is 15.8. The Bertz CT molecular complexity index is 1400. The van der Waals surface area contributed by atoms with Crippen LogP contribution in [-0.2, 0) is 13.0 Å². The predicted octanol–water partition coefficient (Wildman–Crippen LogP) is 4.90. The van der Waals surface area contributed by atoms with Crippen LogP contribution < -0.4 is 10.6 Å². The average Bonchev–Trinajstić information content (AvgIpc) is 2.95. The molecular formula is C33H38F2N4O3. The molecule has 7 nitrogen and oxygen atoms in total. The number of aryl methyl sites for hydroxylation is 1. The van der Waals surface area contributed by atoms with Crippen molar-refractivity contribution in [3.63, 3.8) is 0 Å². The van der Waals surface area contributed by atoms with Crippen LogP contribution in [0.2, 0.25) is 0 Å². The lowest BCUT2D eigenvalue weighted by Crippen LogP contribution is -2.48. The number of nitriles is 1. The Balaban J connectivity index is 1.81. The quantitative estimate of drug-likeness (QED) is 0.253. The Morgan fingerprint density at radius 3 is 2.26 bits per heavy atom. The normalized spacial score (nSPS) is 12.3. The molecule has 0 saturated heterocycles. The monoisotopic (exact) mass is 576 g/mol. The summed E-state index contributed by atoms with van der Waals surface area (Å²) in [6.07, 6.45) is 0.451. The molecule has 0 aliphatic rings. The van der Waals surface area contributed by atoms with Crippen molar-refractivity contribution in [2.45, 2.75) is 58.7 Å². The maximum Gasteiger partial charge on any atom is 0.253 e. The van der Waals surface area contributed by atoms with Crippen molar-refractivity contribution < 1.29 is 23.5 Å². The van der Waals surface area contributed by atoms with Crippen molar-refractivity contribution in [3.05, 3.63) is 106 Å². The molecule has 222 valence electrons.